The third-order valence-electron chi connectivity index (χ3n) is 4.06. The van der Waals surface area contributed by atoms with Gasteiger partial charge in [0.05, 0.1) is 31.5 Å². The van der Waals surface area contributed by atoms with E-state index in [0.717, 1.165) is 22.7 Å². The van der Waals surface area contributed by atoms with E-state index in [2.05, 4.69) is 26.7 Å². The lowest BCUT2D eigenvalue weighted by molar-refractivity contribution is 0.0531. The normalized spacial score (nSPS) is 12.5. The Kier molecular flexibility index (Phi) is 9.08. The lowest BCUT2D eigenvalue weighted by Crippen LogP contribution is -2.38. The van der Waals surface area contributed by atoms with Crippen LogP contribution < -0.4 is 10.6 Å². The molecule has 1 aromatic carbocycles. The smallest absolute Gasteiger partial charge is 0.350 e. The molecule has 8 heteroatoms. The second kappa shape index (κ2) is 11.5. The fourth-order valence-electron chi connectivity index (χ4n) is 2.73. The van der Waals surface area contributed by atoms with Gasteiger partial charge in [-0.25, -0.2) is 14.8 Å². The van der Waals surface area contributed by atoms with Gasteiger partial charge in [0.25, 0.3) is 0 Å². The lowest BCUT2D eigenvalue weighted by atomic mass is 10.1. The highest BCUT2D eigenvalue weighted by atomic mass is 32.1. The summed E-state index contributed by atoms with van der Waals surface area (Å²) in [5.41, 5.74) is 2.92. The van der Waals surface area contributed by atoms with Crippen molar-refractivity contribution < 1.29 is 14.3 Å². The first-order valence-electron chi connectivity index (χ1n) is 9.74. The number of esters is 1. The number of nitrogens with zero attached hydrogens (tertiary/aromatic N) is 2. The fraction of sp³-hybridized carbons (Fsp3) is 0.476. The molecule has 0 amide bonds. The molecule has 0 spiro atoms. The Morgan fingerprint density at radius 1 is 1.31 bits per heavy atom. The average Bonchev–Trinajstić information content (AvgIpc) is 3.09. The fourth-order valence-corrected chi connectivity index (χ4v) is 3.69. The third-order valence-corrected chi connectivity index (χ3v) is 5.38. The molecule has 0 aliphatic rings. The van der Waals surface area contributed by atoms with Gasteiger partial charge in [-0.15, -0.1) is 11.3 Å². The van der Waals surface area contributed by atoms with Gasteiger partial charge in [-0.1, -0.05) is 24.3 Å². The monoisotopic (exact) mass is 418 g/mol. The Bertz CT molecular complexity index is 835. The van der Waals surface area contributed by atoms with Gasteiger partial charge in [0, 0.05) is 13.7 Å². The quantitative estimate of drug-likeness (QED) is 0.368. The van der Waals surface area contributed by atoms with Gasteiger partial charge in [-0.2, -0.15) is 0 Å². The number of nitrogens with one attached hydrogen (secondary N) is 2. The summed E-state index contributed by atoms with van der Waals surface area (Å²) < 4.78 is 10.3. The van der Waals surface area contributed by atoms with Gasteiger partial charge < -0.3 is 20.1 Å². The maximum absolute atomic E-state index is 12.0. The van der Waals surface area contributed by atoms with E-state index in [1.165, 1.54) is 11.3 Å². The summed E-state index contributed by atoms with van der Waals surface area (Å²) in [5.74, 6) is 0.375. The van der Waals surface area contributed by atoms with Crippen molar-refractivity contribution in [3.63, 3.8) is 0 Å². The summed E-state index contributed by atoms with van der Waals surface area (Å²) in [4.78, 5) is 21.8. The minimum absolute atomic E-state index is 0.0977. The van der Waals surface area contributed by atoms with Gasteiger partial charge in [0.1, 0.15) is 9.88 Å². The summed E-state index contributed by atoms with van der Waals surface area (Å²) in [5, 5.41) is 7.44. The Morgan fingerprint density at radius 3 is 2.76 bits per heavy atom. The van der Waals surface area contributed by atoms with Crippen LogP contribution in [0.15, 0.2) is 29.3 Å². The maximum Gasteiger partial charge on any atom is 0.350 e. The summed E-state index contributed by atoms with van der Waals surface area (Å²) >= 11 is 1.35. The molecule has 2 N–H and O–H groups in total. The van der Waals surface area contributed by atoms with E-state index in [4.69, 9.17) is 9.47 Å². The van der Waals surface area contributed by atoms with Crippen molar-refractivity contribution in [2.24, 2.45) is 4.99 Å². The van der Waals surface area contributed by atoms with Gasteiger partial charge in [0.2, 0.25) is 0 Å². The highest BCUT2D eigenvalue weighted by Gasteiger charge is 2.20. The molecule has 2 aromatic rings. The van der Waals surface area contributed by atoms with Crippen molar-refractivity contribution in [2.75, 3.05) is 20.3 Å². The van der Waals surface area contributed by atoms with Gasteiger partial charge in [-0.05, 0) is 38.8 Å². The minimum atomic E-state index is -0.322. The van der Waals surface area contributed by atoms with E-state index < -0.39 is 0 Å². The average molecular weight is 419 g/mol. The topological polar surface area (TPSA) is 84.8 Å². The number of methoxy groups -OCH3 is 1. The number of carbonyl (C=O) groups excluding carboxylic acids is 1. The van der Waals surface area contributed by atoms with E-state index >= 15 is 0 Å². The molecule has 0 aliphatic carbocycles. The first-order chi connectivity index (χ1) is 14.0. The Hall–Kier alpha value is -2.45. The van der Waals surface area contributed by atoms with Crippen molar-refractivity contribution in [1.82, 2.24) is 15.6 Å². The first kappa shape index (κ1) is 22.8. The van der Waals surface area contributed by atoms with E-state index in [0.29, 0.717) is 36.3 Å². The number of hydrogen-bond acceptors (Lipinski definition) is 6. The largest absolute Gasteiger partial charge is 0.462 e. The molecule has 0 fully saturated rings. The van der Waals surface area contributed by atoms with Crippen LogP contribution in [0.2, 0.25) is 0 Å². The molecule has 1 heterocycles. The zero-order valence-corrected chi connectivity index (χ0v) is 18.6. The molecular weight excluding hydrogens is 388 g/mol. The standard InChI is InChI=1S/C21H30N4O3S/c1-6-22-21(23-12-16-9-8-10-17(11-16)13-27-5)25-15(4)19-24-14(3)18(29-19)20(26)28-7-2/h8-11,15H,6-7,12-13H2,1-5H3,(H2,22,23,25). The first-order valence-corrected chi connectivity index (χ1v) is 10.6. The molecule has 0 saturated heterocycles. The molecule has 1 atom stereocenters. The van der Waals surface area contributed by atoms with E-state index in [-0.39, 0.29) is 12.0 Å². The van der Waals surface area contributed by atoms with Crippen LogP contribution in [0.1, 0.15) is 58.3 Å². The van der Waals surface area contributed by atoms with Crippen LogP contribution >= 0.6 is 11.3 Å². The van der Waals surface area contributed by atoms with Gasteiger partial charge >= 0.3 is 5.97 Å². The Balaban J connectivity index is 2.09. The molecule has 1 unspecified atom stereocenters. The molecule has 158 valence electrons. The SMILES string of the molecule is CCNC(=NCc1cccc(COC)c1)NC(C)c1nc(C)c(C(=O)OCC)s1. The van der Waals surface area contributed by atoms with Crippen LogP contribution in [0.4, 0.5) is 0 Å². The van der Waals surface area contributed by atoms with Crippen LogP contribution in [-0.4, -0.2) is 37.2 Å². The highest BCUT2D eigenvalue weighted by Crippen LogP contribution is 2.24. The number of thiazole rings is 1. The Morgan fingerprint density at radius 2 is 2.07 bits per heavy atom. The van der Waals surface area contributed by atoms with Crippen molar-refractivity contribution in [3.8, 4) is 0 Å². The number of hydrogen-bond donors (Lipinski definition) is 2. The van der Waals surface area contributed by atoms with Crippen molar-refractivity contribution in [3.05, 3.63) is 51.0 Å². The molecule has 0 radical (unpaired) electrons. The van der Waals surface area contributed by atoms with Gasteiger partial charge in [-0.3, -0.25) is 0 Å². The van der Waals surface area contributed by atoms with Crippen LogP contribution in [0.25, 0.3) is 0 Å². The number of ether oxygens (including phenoxy) is 2. The lowest BCUT2D eigenvalue weighted by Gasteiger charge is -2.16. The van der Waals surface area contributed by atoms with E-state index in [9.17, 15) is 4.79 Å². The number of guanidine groups is 1. The summed E-state index contributed by atoms with van der Waals surface area (Å²) in [7, 11) is 1.69. The number of benzene rings is 1. The summed E-state index contributed by atoms with van der Waals surface area (Å²) in [6.45, 7) is 9.86. The zero-order valence-electron chi connectivity index (χ0n) is 17.7. The summed E-state index contributed by atoms with van der Waals surface area (Å²) in [6, 6.07) is 8.09. The van der Waals surface area contributed by atoms with Crippen LogP contribution in [0.5, 0.6) is 0 Å². The molecule has 0 saturated carbocycles. The molecule has 0 bridgehead atoms. The van der Waals surface area contributed by atoms with Gasteiger partial charge in [0.15, 0.2) is 5.96 Å². The molecule has 2 rings (SSSR count). The number of rotatable bonds is 9. The predicted octanol–water partition coefficient (Wildman–Crippen LogP) is 3.59. The van der Waals surface area contributed by atoms with Crippen molar-refractivity contribution in [1.29, 1.82) is 0 Å². The molecule has 29 heavy (non-hydrogen) atoms. The minimum Gasteiger partial charge on any atom is -0.462 e. The third kappa shape index (κ3) is 6.83. The molecular formula is C21H30N4O3S. The number of carbonyl (C=O) groups is 1. The van der Waals surface area contributed by atoms with E-state index in [1.807, 2.05) is 39.0 Å². The van der Waals surface area contributed by atoms with Crippen molar-refractivity contribution in [2.45, 2.75) is 46.9 Å². The summed E-state index contributed by atoms with van der Waals surface area (Å²) in [6.07, 6.45) is 0. The van der Waals surface area contributed by atoms with Crippen LogP contribution in [0, 0.1) is 6.92 Å². The highest BCUT2D eigenvalue weighted by molar-refractivity contribution is 7.13. The molecule has 1 aromatic heterocycles. The number of aromatic nitrogens is 1. The van der Waals surface area contributed by atoms with Crippen LogP contribution in [0.3, 0.4) is 0 Å². The second-order valence-corrected chi connectivity index (χ2v) is 7.53. The predicted molar refractivity (Wildman–Crippen MR) is 116 cm³/mol. The number of aryl methyl sites for hydroxylation is 1. The Labute approximate surface area is 176 Å². The zero-order chi connectivity index (χ0) is 21.2. The van der Waals surface area contributed by atoms with E-state index in [1.54, 1.807) is 14.0 Å². The second-order valence-electron chi connectivity index (χ2n) is 6.50. The molecule has 0 aliphatic heterocycles. The van der Waals surface area contributed by atoms with Crippen LogP contribution in [-0.2, 0) is 22.6 Å². The maximum atomic E-state index is 12.0. The number of aliphatic imine (C=N–C) groups is 1. The molecule has 7 nitrogen and oxygen atoms in total. The van der Waals surface area contributed by atoms with Crippen molar-refractivity contribution >= 4 is 23.3 Å².